The van der Waals surface area contributed by atoms with Gasteiger partial charge in [0.2, 0.25) is 5.28 Å². The lowest BCUT2D eigenvalue weighted by Gasteiger charge is -2.13. The van der Waals surface area contributed by atoms with Crippen molar-refractivity contribution in [1.29, 1.82) is 0 Å². The Kier molecular flexibility index (Phi) is 3.81. The van der Waals surface area contributed by atoms with Gasteiger partial charge in [-0.05, 0) is 17.2 Å². The maximum absolute atomic E-state index is 6.02. The predicted molar refractivity (Wildman–Crippen MR) is 85.7 cm³/mol. The molecule has 1 aromatic heterocycles. The molecule has 1 heterocycles. The molecule has 104 valence electrons. The molecule has 0 bridgehead atoms. The van der Waals surface area contributed by atoms with Crippen molar-refractivity contribution in [2.75, 3.05) is 5.43 Å². The quantitative estimate of drug-likeness (QED) is 0.439. The van der Waals surface area contributed by atoms with Crippen molar-refractivity contribution in [1.82, 2.24) is 9.97 Å². The van der Waals surface area contributed by atoms with Crippen LogP contribution in [0.2, 0.25) is 5.28 Å². The molecule has 0 spiro atoms. The van der Waals surface area contributed by atoms with Crippen LogP contribution in [0.25, 0.3) is 22.4 Å². The maximum atomic E-state index is 6.02. The Morgan fingerprint density at radius 1 is 0.810 bits per heavy atom. The third-order valence-corrected chi connectivity index (χ3v) is 3.30. The molecule has 0 saturated heterocycles. The predicted octanol–water partition coefficient (Wildman–Crippen LogP) is 3.75. The summed E-state index contributed by atoms with van der Waals surface area (Å²) in [6.45, 7) is 0. The van der Waals surface area contributed by atoms with Gasteiger partial charge in [-0.1, -0.05) is 60.7 Å². The summed E-state index contributed by atoms with van der Waals surface area (Å²) in [5, 5.41) is 0.154. The van der Waals surface area contributed by atoms with Gasteiger partial charge in [-0.25, -0.2) is 10.8 Å². The SMILES string of the molecule is NNc1nc(Cl)nc(-c2ccccc2)c1-c1ccccc1. The minimum atomic E-state index is 0.154. The van der Waals surface area contributed by atoms with Crippen molar-refractivity contribution < 1.29 is 0 Å². The molecular weight excluding hydrogens is 284 g/mol. The number of hydrazine groups is 1. The average molecular weight is 297 g/mol. The Labute approximate surface area is 127 Å². The van der Waals surface area contributed by atoms with Gasteiger partial charge in [-0.15, -0.1) is 0 Å². The Balaban J connectivity index is 2.31. The van der Waals surface area contributed by atoms with Crippen LogP contribution in [-0.4, -0.2) is 9.97 Å². The van der Waals surface area contributed by atoms with Crippen LogP contribution in [0.3, 0.4) is 0 Å². The number of benzene rings is 2. The van der Waals surface area contributed by atoms with Crippen LogP contribution in [0, 0.1) is 0 Å². The first kappa shape index (κ1) is 13.5. The molecule has 0 aliphatic rings. The van der Waals surface area contributed by atoms with E-state index in [1.54, 1.807) is 0 Å². The Morgan fingerprint density at radius 3 is 1.95 bits per heavy atom. The molecule has 0 amide bonds. The highest BCUT2D eigenvalue weighted by atomic mass is 35.5. The molecular formula is C16H13ClN4. The number of nitrogens with two attached hydrogens (primary N) is 1. The van der Waals surface area contributed by atoms with Gasteiger partial charge in [-0.3, -0.25) is 0 Å². The van der Waals surface area contributed by atoms with Gasteiger partial charge in [0, 0.05) is 5.56 Å². The number of rotatable bonds is 3. The van der Waals surface area contributed by atoms with Gasteiger partial charge in [0.1, 0.15) is 0 Å². The lowest BCUT2D eigenvalue weighted by molar-refractivity contribution is 1.14. The van der Waals surface area contributed by atoms with Crippen LogP contribution in [0.1, 0.15) is 0 Å². The molecule has 0 aliphatic carbocycles. The Morgan fingerprint density at radius 2 is 1.38 bits per heavy atom. The molecule has 0 fully saturated rings. The van der Waals surface area contributed by atoms with Crippen molar-refractivity contribution in [3.8, 4) is 22.4 Å². The molecule has 5 heteroatoms. The van der Waals surface area contributed by atoms with Crippen molar-refractivity contribution in [3.63, 3.8) is 0 Å². The van der Waals surface area contributed by atoms with Crippen LogP contribution in [0.5, 0.6) is 0 Å². The summed E-state index contributed by atoms with van der Waals surface area (Å²) in [6, 6.07) is 19.7. The third-order valence-electron chi connectivity index (χ3n) is 3.13. The smallest absolute Gasteiger partial charge is 0.224 e. The van der Waals surface area contributed by atoms with E-state index in [9.17, 15) is 0 Å². The normalized spacial score (nSPS) is 10.4. The molecule has 2 aromatic carbocycles. The minimum absolute atomic E-state index is 0.154. The van der Waals surface area contributed by atoms with Crippen LogP contribution < -0.4 is 11.3 Å². The van der Waals surface area contributed by atoms with Crippen molar-refractivity contribution in [2.24, 2.45) is 5.84 Å². The molecule has 0 atom stereocenters. The molecule has 3 N–H and O–H groups in total. The van der Waals surface area contributed by atoms with Gasteiger partial charge in [-0.2, -0.15) is 4.98 Å². The summed E-state index contributed by atoms with van der Waals surface area (Å²) in [7, 11) is 0. The molecule has 0 saturated carbocycles. The van der Waals surface area contributed by atoms with Crippen LogP contribution >= 0.6 is 11.6 Å². The van der Waals surface area contributed by atoms with E-state index >= 15 is 0 Å². The molecule has 3 aromatic rings. The van der Waals surface area contributed by atoms with E-state index in [1.807, 2.05) is 60.7 Å². The molecule has 4 nitrogen and oxygen atoms in total. The first-order valence-corrected chi connectivity index (χ1v) is 6.82. The van der Waals surface area contributed by atoms with Crippen molar-refractivity contribution in [3.05, 3.63) is 65.9 Å². The Hall–Kier alpha value is -2.43. The zero-order valence-corrected chi connectivity index (χ0v) is 11.9. The summed E-state index contributed by atoms with van der Waals surface area (Å²) in [5.41, 5.74) is 6.11. The second-order valence-electron chi connectivity index (χ2n) is 4.44. The highest BCUT2D eigenvalue weighted by molar-refractivity contribution is 6.28. The van der Waals surface area contributed by atoms with Gasteiger partial charge < -0.3 is 5.43 Å². The first-order chi connectivity index (χ1) is 10.3. The molecule has 0 aliphatic heterocycles. The number of anilines is 1. The van der Waals surface area contributed by atoms with E-state index < -0.39 is 0 Å². The number of nitrogens with zero attached hydrogens (tertiary/aromatic N) is 2. The summed E-state index contributed by atoms with van der Waals surface area (Å²) < 4.78 is 0. The summed E-state index contributed by atoms with van der Waals surface area (Å²) in [4.78, 5) is 8.56. The van der Waals surface area contributed by atoms with Crippen LogP contribution in [-0.2, 0) is 0 Å². The number of halogens is 1. The van der Waals surface area contributed by atoms with E-state index in [0.717, 1.165) is 22.4 Å². The third kappa shape index (κ3) is 2.72. The van der Waals surface area contributed by atoms with E-state index in [0.29, 0.717) is 5.82 Å². The second kappa shape index (κ2) is 5.91. The fraction of sp³-hybridized carbons (Fsp3) is 0. The van der Waals surface area contributed by atoms with Gasteiger partial charge in [0.05, 0.1) is 11.3 Å². The number of aromatic nitrogens is 2. The summed E-state index contributed by atoms with van der Waals surface area (Å²) in [6.07, 6.45) is 0. The number of nitrogen functional groups attached to an aromatic ring is 1. The van der Waals surface area contributed by atoms with Gasteiger partial charge in [0.25, 0.3) is 0 Å². The van der Waals surface area contributed by atoms with Crippen molar-refractivity contribution in [2.45, 2.75) is 0 Å². The molecule has 0 radical (unpaired) electrons. The highest BCUT2D eigenvalue weighted by Crippen LogP contribution is 2.35. The average Bonchev–Trinajstić information content (AvgIpc) is 2.55. The van der Waals surface area contributed by atoms with E-state index in [-0.39, 0.29) is 5.28 Å². The maximum Gasteiger partial charge on any atom is 0.224 e. The van der Waals surface area contributed by atoms with Crippen molar-refractivity contribution >= 4 is 17.4 Å². The number of hydrogen-bond acceptors (Lipinski definition) is 4. The fourth-order valence-corrected chi connectivity index (χ4v) is 2.39. The summed E-state index contributed by atoms with van der Waals surface area (Å²) >= 11 is 6.02. The van der Waals surface area contributed by atoms with Gasteiger partial charge in [0.15, 0.2) is 5.82 Å². The van der Waals surface area contributed by atoms with E-state index in [2.05, 4.69) is 15.4 Å². The largest absolute Gasteiger partial charge is 0.308 e. The zero-order chi connectivity index (χ0) is 14.7. The summed E-state index contributed by atoms with van der Waals surface area (Å²) in [5.74, 6) is 6.10. The fourth-order valence-electron chi connectivity index (χ4n) is 2.22. The molecule has 3 rings (SSSR count). The molecule has 21 heavy (non-hydrogen) atoms. The topological polar surface area (TPSA) is 63.8 Å². The monoisotopic (exact) mass is 296 g/mol. The van der Waals surface area contributed by atoms with Crippen LogP contribution in [0.15, 0.2) is 60.7 Å². The first-order valence-electron chi connectivity index (χ1n) is 6.44. The second-order valence-corrected chi connectivity index (χ2v) is 4.78. The standard InChI is InChI=1S/C16H13ClN4/c17-16-19-14(12-9-5-2-6-10-12)13(15(20-16)21-18)11-7-3-1-4-8-11/h1-10H,18H2,(H,19,20,21). The van der Waals surface area contributed by atoms with Crippen LogP contribution in [0.4, 0.5) is 5.82 Å². The number of nitrogens with one attached hydrogen (secondary N) is 1. The van der Waals surface area contributed by atoms with E-state index in [1.165, 1.54) is 0 Å². The lowest BCUT2D eigenvalue weighted by atomic mass is 10.00. The highest BCUT2D eigenvalue weighted by Gasteiger charge is 2.16. The van der Waals surface area contributed by atoms with E-state index in [4.69, 9.17) is 17.4 Å². The lowest BCUT2D eigenvalue weighted by Crippen LogP contribution is -2.11. The Bertz CT molecular complexity index is 745. The number of hydrogen-bond donors (Lipinski definition) is 2. The van der Waals surface area contributed by atoms with Gasteiger partial charge >= 0.3 is 0 Å². The minimum Gasteiger partial charge on any atom is -0.308 e. The zero-order valence-electron chi connectivity index (χ0n) is 11.1. The molecule has 0 unspecified atom stereocenters.